The van der Waals surface area contributed by atoms with Gasteiger partial charge in [-0.05, 0) is 58.2 Å². The number of hydrogen-bond acceptors (Lipinski definition) is 6. The van der Waals surface area contributed by atoms with E-state index in [-0.39, 0.29) is 22.5 Å². The molecule has 1 heterocycles. The van der Waals surface area contributed by atoms with Crippen molar-refractivity contribution in [3.05, 3.63) is 95.1 Å². The first-order valence-corrected chi connectivity index (χ1v) is 11.9. The number of nitrogens with two attached hydrogens (primary N) is 1. The fraction of sp³-hybridized carbons (Fsp3) is 0.321. The van der Waals surface area contributed by atoms with Gasteiger partial charge in [-0.3, -0.25) is 4.99 Å². The van der Waals surface area contributed by atoms with E-state index in [1.165, 1.54) is 24.7 Å². The molecule has 1 fully saturated rings. The summed E-state index contributed by atoms with van der Waals surface area (Å²) in [7, 11) is 0. The molecule has 0 bridgehead atoms. The molecule has 1 saturated heterocycles. The van der Waals surface area contributed by atoms with Gasteiger partial charge in [0, 0.05) is 42.2 Å². The molecule has 0 spiro atoms. The number of rotatable bonds is 10. The highest BCUT2D eigenvalue weighted by atomic mass is 19.1. The molecule has 0 aromatic heterocycles. The van der Waals surface area contributed by atoms with Gasteiger partial charge in [0.15, 0.2) is 0 Å². The molecule has 1 atom stereocenters. The highest BCUT2D eigenvalue weighted by molar-refractivity contribution is 6.11. The largest absolute Gasteiger partial charge is 0.403 e. The predicted octanol–water partition coefficient (Wildman–Crippen LogP) is 4.98. The van der Waals surface area contributed by atoms with Crippen molar-refractivity contribution in [3.63, 3.8) is 0 Å². The molecule has 37 heavy (non-hydrogen) atoms. The highest BCUT2D eigenvalue weighted by Crippen LogP contribution is 2.30. The third-order valence-corrected chi connectivity index (χ3v) is 5.43. The Morgan fingerprint density at radius 1 is 1.14 bits per heavy atom. The van der Waals surface area contributed by atoms with Crippen LogP contribution < -0.4 is 5.73 Å². The Bertz CT molecular complexity index is 1170. The Morgan fingerprint density at radius 3 is 2.46 bits per heavy atom. The molecule has 9 heteroatoms. The number of aliphatic imine (C=N–C) groups is 3. The molecule has 0 aliphatic carbocycles. The van der Waals surface area contributed by atoms with Crippen molar-refractivity contribution in [3.8, 4) is 0 Å². The molecule has 0 radical (unpaired) electrons. The second-order valence-corrected chi connectivity index (χ2v) is 8.51. The monoisotopic (exact) mass is 511 g/mol. The quantitative estimate of drug-likeness (QED) is 0.263. The maximum atomic E-state index is 15.0. The lowest BCUT2D eigenvalue weighted by atomic mass is 9.98. The topological polar surface area (TPSA) is 95.8 Å². The molecule has 1 aromatic rings. The summed E-state index contributed by atoms with van der Waals surface area (Å²) in [4.78, 5) is 14.8. The number of nitrogens with zero attached hydrogens (tertiary/aromatic N) is 4. The van der Waals surface area contributed by atoms with E-state index in [0.717, 1.165) is 19.2 Å². The van der Waals surface area contributed by atoms with E-state index in [9.17, 15) is 9.50 Å². The van der Waals surface area contributed by atoms with Crippen molar-refractivity contribution in [1.29, 1.82) is 0 Å². The third-order valence-electron chi connectivity index (χ3n) is 5.43. The number of hydrogen-bond donors (Lipinski definition) is 2. The summed E-state index contributed by atoms with van der Waals surface area (Å²) in [6.45, 7) is 13.4. The Balaban J connectivity index is 2.53. The summed E-state index contributed by atoms with van der Waals surface area (Å²) in [6.07, 6.45) is 9.64. The predicted molar refractivity (Wildman–Crippen MR) is 147 cm³/mol. The van der Waals surface area contributed by atoms with Gasteiger partial charge in [0.1, 0.15) is 24.1 Å². The molecule has 7 nitrogen and oxygen atoms in total. The minimum Gasteiger partial charge on any atom is -0.403 e. The van der Waals surface area contributed by atoms with Crippen molar-refractivity contribution in [2.24, 2.45) is 20.7 Å². The minimum absolute atomic E-state index is 0.00941. The smallest absolute Gasteiger partial charge is 0.135 e. The van der Waals surface area contributed by atoms with Crippen molar-refractivity contribution < 1.29 is 18.6 Å². The van der Waals surface area contributed by atoms with E-state index in [1.54, 1.807) is 45.9 Å². The van der Waals surface area contributed by atoms with Crippen LogP contribution in [0.5, 0.6) is 0 Å². The van der Waals surface area contributed by atoms with Crippen LogP contribution in [0.1, 0.15) is 44.9 Å². The van der Waals surface area contributed by atoms with Gasteiger partial charge in [-0.25, -0.2) is 18.8 Å². The molecule has 2 rings (SSSR count). The number of halogens is 2. The first-order valence-electron chi connectivity index (χ1n) is 11.9. The summed E-state index contributed by atoms with van der Waals surface area (Å²) in [6, 6.07) is 1.97. The molecule has 198 valence electrons. The summed E-state index contributed by atoms with van der Waals surface area (Å²) in [5.74, 6) is -1.73. The Labute approximate surface area is 217 Å². The first-order chi connectivity index (χ1) is 17.7. The van der Waals surface area contributed by atoms with Gasteiger partial charge in [-0.2, -0.15) is 0 Å². The zero-order valence-corrected chi connectivity index (χ0v) is 21.8. The zero-order chi connectivity index (χ0) is 27.4. The lowest BCUT2D eigenvalue weighted by Gasteiger charge is -2.24. The van der Waals surface area contributed by atoms with Crippen LogP contribution in [0.2, 0.25) is 0 Å². The summed E-state index contributed by atoms with van der Waals surface area (Å²) < 4.78 is 35.2. The Morgan fingerprint density at radius 2 is 1.84 bits per heavy atom. The molecular formula is C28H35F2N5O2. The fourth-order valence-electron chi connectivity index (χ4n) is 3.27. The van der Waals surface area contributed by atoms with Crippen LogP contribution in [-0.2, 0) is 4.74 Å². The van der Waals surface area contributed by atoms with Gasteiger partial charge in [0.25, 0.3) is 0 Å². The second kappa shape index (κ2) is 14.8. The standard InChI is InChI=1S/C28H35F2N5O2/c1-6-20(4)34-27(19(2)3)28(36)23-15-22(24(29)16-25(23)30)26(33-18-32-21(5)17-31)9-7-8-10-35-11-13-37-14-12-35/h6-10,15-18,28,36H,1,11-14,31H2,2-5H3/b9-7+,10-8+,21-17+,32-18?,33-26?,34-20?. The summed E-state index contributed by atoms with van der Waals surface area (Å²) in [5, 5.41) is 11.0. The van der Waals surface area contributed by atoms with Crippen LogP contribution in [-0.4, -0.2) is 54.1 Å². The van der Waals surface area contributed by atoms with E-state index in [4.69, 9.17) is 10.5 Å². The average Bonchev–Trinajstić information content (AvgIpc) is 2.88. The van der Waals surface area contributed by atoms with Crippen LogP contribution in [0.25, 0.3) is 0 Å². The molecule has 1 aliphatic heterocycles. The van der Waals surface area contributed by atoms with Gasteiger partial charge in [-0.1, -0.05) is 18.2 Å². The number of benzene rings is 1. The minimum atomic E-state index is -1.43. The van der Waals surface area contributed by atoms with Crippen LogP contribution in [0.4, 0.5) is 8.78 Å². The number of aliphatic hydroxyl groups excluding tert-OH is 1. The van der Waals surface area contributed by atoms with Crippen LogP contribution in [0.3, 0.4) is 0 Å². The molecular weight excluding hydrogens is 476 g/mol. The van der Waals surface area contributed by atoms with Gasteiger partial charge >= 0.3 is 0 Å². The third kappa shape index (κ3) is 9.04. The van der Waals surface area contributed by atoms with Gasteiger partial charge in [0.2, 0.25) is 0 Å². The van der Waals surface area contributed by atoms with Crippen molar-refractivity contribution in [2.45, 2.75) is 33.8 Å². The van der Waals surface area contributed by atoms with Crippen molar-refractivity contribution >= 4 is 17.8 Å². The molecule has 1 aromatic carbocycles. The average molecular weight is 512 g/mol. The van der Waals surface area contributed by atoms with Gasteiger partial charge in [0.05, 0.1) is 30.3 Å². The number of aliphatic hydroxyl groups is 1. The van der Waals surface area contributed by atoms with Crippen LogP contribution in [0.15, 0.2) is 87.4 Å². The van der Waals surface area contributed by atoms with Gasteiger partial charge < -0.3 is 20.5 Å². The van der Waals surface area contributed by atoms with E-state index in [0.29, 0.717) is 30.2 Å². The maximum Gasteiger partial charge on any atom is 0.135 e. The van der Waals surface area contributed by atoms with E-state index < -0.39 is 17.7 Å². The fourth-order valence-corrected chi connectivity index (χ4v) is 3.27. The summed E-state index contributed by atoms with van der Waals surface area (Å²) >= 11 is 0. The maximum absolute atomic E-state index is 15.0. The normalized spacial score (nSPS) is 16.7. The zero-order valence-electron chi connectivity index (χ0n) is 21.8. The number of ether oxygens (including phenoxy) is 1. The lowest BCUT2D eigenvalue weighted by molar-refractivity contribution is 0.0594. The molecule has 0 saturated carbocycles. The molecule has 1 unspecified atom stereocenters. The van der Waals surface area contributed by atoms with Gasteiger partial charge in [-0.15, -0.1) is 0 Å². The molecule has 0 amide bonds. The Hall–Kier alpha value is -3.69. The van der Waals surface area contributed by atoms with Crippen LogP contribution in [0, 0.1) is 11.6 Å². The van der Waals surface area contributed by atoms with E-state index >= 15 is 4.39 Å². The highest BCUT2D eigenvalue weighted by Gasteiger charge is 2.22. The number of morpholine rings is 1. The Kier molecular flexibility index (Phi) is 11.8. The second-order valence-electron chi connectivity index (χ2n) is 8.51. The molecule has 1 aliphatic rings. The molecule has 3 N–H and O–H groups in total. The summed E-state index contributed by atoms with van der Waals surface area (Å²) in [5.41, 5.74) is 7.48. The van der Waals surface area contributed by atoms with E-state index in [1.807, 2.05) is 6.20 Å². The van der Waals surface area contributed by atoms with Crippen LogP contribution >= 0.6 is 0 Å². The lowest BCUT2D eigenvalue weighted by Crippen LogP contribution is -2.31. The SMILES string of the molecule is C=CC(C)=NC(=C(C)C)C(O)c1cc(C(/C=C/C=C/N2CCOCC2)=NC=N/C(C)=C/N)c(F)cc1F. The number of allylic oxidation sites excluding steroid dienone is 6. The first kappa shape index (κ1) is 29.5. The van der Waals surface area contributed by atoms with E-state index in [2.05, 4.69) is 26.5 Å². The van der Waals surface area contributed by atoms with Crippen molar-refractivity contribution in [1.82, 2.24) is 4.90 Å². The van der Waals surface area contributed by atoms with Crippen molar-refractivity contribution in [2.75, 3.05) is 26.3 Å².